The van der Waals surface area contributed by atoms with Crippen molar-refractivity contribution in [1.29, 1.82) is 0 Å². The number of benzene rings is 2. The predicted molar refractivity (Wildman–Crippen MR) is 142 cm³/mol. The number of carbonyl (C=O) groups is 1. The number of hydrogen-bond donors (Lipinski definition) is 0. The van der Waals surface area contributed by atoms with Crippen molar-refractivity contribution in [2.75, 3.05) is 5.75 Å². The van der Waals surface area contributed by atoms with Gasteiger partial charge in [0.25, 0.3) is 0 Å². The molecule has 0 N–H and O–H groups in total. The van der Waals surface area contributed by atoms with Crippen LogP contribution in [0, 0.1) is 0 Å². The number of hydrogen-bond acceptors (Lipinski definition) is 4. The average Bonchev–Trinajstić information content (AvgIpc) is 3.25. The van der Waals surface area contributed by atoms with Crippen molar-refractivity contribution in [3.63, 3.8) is 0 Å². The van der Waals surface area contributed by atoms with Crippen molar-refractivity contribution in [2.24, 2.45) is 0 Å². The topological polar surface area (TPSA) is 47.8 Å². The third-order valence-electron chi connectivity index (χ3n) is 6.68. The van der Waals surface area contributed by atoms with E-state index in [1.54, 1.807) is 0 Å². The lowest BCUT2D eigenvalue weighted by Crippen LogP contribution is -2.10. The molecule has 178 valence electrons. The van der Waals surface area contributed by atoms with Crippen LogP contribution in [0.5, 0.6) is 0 Å². The average molecular weight is 474 g/mol. The van der Waals surface area contributed by atoms with Gasteiger partial charge in [-0.15, -0.1) is 16.8 Å². The lowest BCUT2D eigenvalue weighted by Gasteiger charge is -2.22. The molecular weight excluding hydrogens is 438 g/mol. The number of aromatic nitrogens is 3. The van der Waals surface area contributed by atoms with Crippen LogP contribution >= 0.6 is 11.8 Å². The van der Waals surface area contributed by atoms with E-state index in [-0.39, 0.29) is 11.2 Å². The number of rotatable bonds is 8. The van der Waals surface area contributed by atoms with Crippen molar-refractivity contribution in [3.8, 4) is 11.4 Å². The lowest BCUT2D eigenvalue weighted by atomic mass is 9.84. The second-order valence-electron chi connectivity index (χ2n) is 10.2. The molecule has 0 radical (unpaired) electrons. The standard InChI is InChI=1S/C29H35N3OS/c1-5-19-32-27(24-15-17-25(18-16-24)29(2,3)4)30-31-28(32)34-20-26(33)23-13-11-22(12-14-23)21-9-7-6-8-10-21/h5,11-18,21H,1,6-10,19-20H2,2-4H3. The first-order valence-electron chi connectivity index (χ1n) is 12.3. The van der Waals surface area contributed by atoms with Crippen LogP contribution in [0.1, 0.15) is 80.3 Å². The van der Waals surface area contributed by atoms with Crippen molar-refractivity contribution in [3.05, 3.63) is 77.9 Å². The highest BCUT2D eigenvalue weighted by Gasteiger charge is 2.19. The molecule has 1 aliphatic carbocycles. The summed E-state index contributed by atoms with van der Waals surface area (Å²) in [5, 5.41) is 9.58. The van der Waals surface area contributed by atoms with Crippen LogP contribution in [0.2, 0.25) is 0 Å². The van der Waals surface area contributed by atoms with E-state index in [4.69, 9.17) is 0 Å². The molecule has 0 atom stereocenters. The molecule has 34 heavy (non-hydrogen) atoms. The molecule has 4 nitrogen and oxygen atoms in total. The Balaban J connectivity index is 1.45. The molecule has 0 amide bonds. The Labute approximate surface area is 207 Å². The zero-order valence-electron chi connectivity index (χ0n) is 20.6. The molecule has 2 aromatic carbocycles. The molecule has 1 fully saturated rings. The lowest BCUT2D eigenvalue weighted by molar-refractivity contribution is 0.102. The zero-order valence-corrected chi connectivity index (χ0v) is 21.4. The maximum absolute atomic E-state index is 12.9. The number of thioether (sulfide) groups is 1. The summed E-state index contributed by atoms with van der Waals surface area (Å²) in [6.45, 7) is 11.1. The van der Waals surface area contributed by atoms with Crippen LogP contribution in [-0.2, 0) is 12.0 Å². The minimum atomic E-state index is 0.100. The van der Waals surface area contributed by atoms with Crippen molar-refractivity contribution in [1.82, 2.24) is 14.8 Å². The number of allylic oxidation sites excluding steroid dienone is 1. The Bertz CT molecular complexity index is 1120. The molecule has 0 saturated heterocycles. The van der Waals surface area contributed by atoms with Gasteiger partial charge in [0, 0.05) is 17.7 Å². The molecule has 0 spiro atoms. The SMILES string of the molecule is C=CCn1c(SCC(=O)c2ccc(C3CCCCC3)cc2)nnc1-c1ccc(C(C)(C)C)cc1. The summed E-state index contributed by atoms with van der Waals surface area (Å²) in [7, 11) is 0. The van der Waals surface area contributed by atoms with Gasteiger partial charge in [0.05, 0.1) is 5.75 Å². The fraction of sp³-hybridized carbons (Fsp3) is 0.414. The van der Waals surface area contributed by atoms with Gasteiger partial charge < -0.3 is 0 Å². The monoisotopic (exact) mass is 473 g/mol. The van der Waals surface area contributed by atoms with E-state index in [0.29, 0.717) is 18.2 Å². The van der Waals surface area contributed by atoms with Gasteiger partial charge in [-0.2, -0.15) is 0 Å². The molecule has 1 saturated carbocycles. The molecule has 1 heterocycles. The number of ketones is 1. The van der Waals surface area contributed by atoms with Gasteiger partial charge in [-0.25, -0.2) is 0 Å². The van der Waals surface area contributed by atoms with E-state index in [1.807, 2.05) is 22.8 Å². The van der Waals surface area contributed by atoms with Crippen molar-refractivity contribution in [2.45, 2.75) is 75.9 Å². The Hall–Kier alpha value is -2.66. The number of carbonyl (C=O) groups excluding carboxylic acids is 1. The first-order chi connectivity index (χ1) is 16.4. The molecular formula is C29H35N3OS. The molecule has 0 aliphatic heterocycles. The maximum atomic E-state index is 12.9. The summed E-state index contributed by atoms with van der Waals surface area (Å²) in [6, 6.07) is 16.8. The van der Waals surface area contributed by atoms with Crippen LogP contribution in [0.4, 0.5) is 0 Å². The molecule has 0 unspecified atom stereocenters. The molecule has 0 bridgehead atoms. The van der Waals surface area contributed by atoms with Crippen LogP contribution in [0.15, 0.2) is 66.3 Å². The summed E-state index contributed by atoms with van der Waals surface area (Å²) >= 11 is 1.44. The predicted octanol–water partition coefficient (Wildman–Crippen LogP) is 7.45. The highest BCUT2D eigenvalue weighted by molar-refractivity contribution is 7.99. The molecule has 4 rings (SSSR count). The van der Waals surface area contributed by atoms with Crippen LogP contribution < -0.4 is 0 Å². The Morgan fingerprint density at radius 3 is 2.32 bits per heavy atom. The van der Waals surface area contributed by atoms with E-state index in [1.165, 1.54) is 55.0 Å². The van der Waals surface area contributed by atoms with E-state index < -0.39 is 0 Å². The number of Topliss-reactive ketones (excluding diaryl/α,β-unsaturated/α-hetero) is 1. The maximum Gasteiger partial charge on any atom is 0.192 e. The van der Waals surface area contributed by atoms with E-state index in [2.05, 4.69) is 73.9 Å². The fourth-order valence-corrected chi connectivity index (χ4v) is 5.45. The van der Waals surface area contributed by atoms with Gasteiger partial charge in [-0.3, -0.25) is 9.36 Å². The van der Waals surface area contributed by atoms with E-state index in [9.17, 15) is 4.79 Å². The van der Waals surface area contributed by atoms with E-state index in [0.717, 1.165) is 22.1 Å². The Morgan fingerprint density at radius 2 is 1.71 bits per heavy atom. The van der Waals surface area contributed by atoms with Crippen LogP contribution in [0.25, 0.3) is 11.4 Å². The van der Waals surface area contributed by atoms with E-state index >= 15 is 0 Å². The van der Waals surface area contributed by atoms with Crippen LogP contribution in [-0.4, -0.2) is 26.3 Å². The molecule has 5 heteroatoms. The Morgan fingerprint density at radius 1 is 1.03 bits per heavy atom. The number of nitrogens with zero attached hydrogens (tertiary/aromatic N) is 3. The normalized spacial score (nSPS) is 14.8. The first-order valence-corrected chi connectivity index (χ1v) is 13.3. The summed E-state index contributed by atoms with van der Waals surface area (Å²) in [4.78, 5) is 12.9. The summed E-state index contributed by atoms with van der Waals surface area (Å²) in [5.74, 6) is 1.90. The first kappa shape index (κ1) is 24.5. The van der Waals surface area contributed by atoms with Gasteiger partial charge in [-0.1, -0.05) is 106 Å². The summed E-state index contributed by atoms with van der Waals surface area (Å²) in [5.41, 5.74) is 4.53. The molecule has 3 aromatic rings. The van der Waals surface area contributed by atoms with Crippen molar-refractivity contribution >= 4 is 17.5 Å². The zero-order chi connectivity index (χ0) is 24.1. The summed E-state index contributed by atoms with van der Waals surface area (Å²) < 4.78 is 2.03. The third kappa shape index (κ3) is 5.69. The highest BCUT2D eigenvalue weighted by atomic mass is 32.2. The minimum absolute atomic E-state index is 0.100. The van der Waals surface area contributed by atoms with Gasteiger partial charge in [-0.05, 0) is 35.3 Å². The smallest absolute Gasteiger partial charge is 0.192 e. The Kier molecular flexibility index (Phi) is 7.72. The third-order valence-corrected chi connectivity index (χ3v) is 7.65. The minimum Gasteiger partial charge on any atom is -0.298 e. The van der Waals surface area contributed by atoms with Crippen molar-refractivity contribution < 1.29 is 4.79 Å². The fourth-order valence-electron chi connectivity index (χ4n) is 4.61. The largest absolute Gasteiger partial charge is 0.298 e. The van der Waals surface area contributed by atoms with Gasteiger partial charge >= 0.3 is 0 Å². The highest BCUT2D eigenvalue weighted by Crippen LogP contribution is 2.33. The van der Waals surface area contributed by atoms with Gasteiger partial charge in [0.15, 0.2) is 16.8 Å². The molecule has 1 aromatic heterocycles. The van der Waals surface area contributed by atoms with Gasteiger partial charge in [0.2, 0.25) is 0 Å². The molecule has 1 aliphatic rings. The second kappa shape index (κ2) is 10.7. The van der Waals surface area contributed by atoms with Gasteiger partial charge in [0.1, 0.15) is 0 Å². The quantitative estimate of drug-likeness (QED) is 0.194. The summed E-state index contributed by atoms with van der Waals surface area (Å²) in [6.07, 6.45) is 8.36. The van der Waals surface area contributed by atoms with Crippen LogP contribution in [0.3, 0.4) is 0 Å². The second-order valence-corrected chi connectivity index (χ2v) is 11.1.